The van der Waals surface area contributed by atoms with Crippen molar-refractivity contribution in [2.45, 2.75) is 25.8 Å². The minimum Gasteiger partial charge on any atom is -0.301 e. The average Bonchev–Trinajstić information content (AvgIpc) is 2.59. The molecule has 0 saturated heterocycles. The van der Waals surface area contributed by atoms with Crippen LogP contribution in [0.4, 0.5) is 0 Å². The molecule has 0 bridgehead atoms. The van der Waals surface area contributed by atoms with Crippen LogP contribution in [0.3, 0.4) is 0 Å². The SMILES string of the molecule is CN(CCCCC#N)Cc1cc(Br)cs1. The van der Waals surface area contributed by atoms with Gasteiger partial charge in [-0.1, -0.05) is 0 Å². The van der Waals surface area contributed by atoms with E-state index in [0.717, 1.165) is 25.9 Å². The molecular formula is C11H15BrN2S. The van der Waals surface area contributed by atoms with Gasteiger partial charge in [0.25, 0.3) is 0 Å². The molecule has 0 aromatic carbocycles. The number of halogens is 1. The molecule has 4 heteroatoms. The first-order valence-electron chi connectivity index (χ1n) is 5.01. The highest BCUT2D eigenvalue weighted by Crippen LogP contribution is 2.20. The topological polar surface area (TPSA) is 27.0 Å². The van der Waals surface area contributed by atoms with Gasteiger partial charge in [-0.3, -0.25) is 0 Å². The first kappa shape index (κ1) is 12.7. The molecule has 1 aromatic rings. The average molecular weight is 287 g/mol. The number of thiophene rings is 1. The summed E-state index contributed by atoms with van der Waals surface area (Å²) in [4.78, 5) is 3.68. The summed E-state index contributed by atoms with van der Waals surface area (Å²) in [5.74, 6) is 0. The highest BCUT2D eigenvalue weighted by Gasteiger charge is 2.02. The molecule has 15 heavy (non-hydrogen) atoms. The number of unbranched alkanes of at least 4 members (excludes halogenated alkanes) is 2. The Labute approximate surface area is 104 Å². The van der Waals surface area contributed by atoms with Gasteiger partial charge in [0.15, 0.2) is 0 Å². The summed E-state index contributed by atoms with van der Waals surface area (Å²) in [5.41, 5.74) is 0. The van der Waals surface area contributed by atoms with E-state index in [-0.39, 0.29) is 0 Å². The summed E-state index contributed by atoms with van der Waals surface area (Å²) in [6, 6.07) is 4.33. The monoisotopic (exact) mass is 286 g/mol. The standard InChI is InChI=1S/C11H15BrN2S/c1-14(6-4-2-3-5-13)8-11-7-10(12)9-15-11/h7,9H,2-4,6,8H2,1H3. The lowest BCUT2D eigenvalue weighted by atomic mass is 10.2. The summed E-state index contributed by atoms with van der Waals surface area (Å²) in [6.45, 7) is 2.07. The first-order valence-corrected chi connectivity index (χ1v) is 6.68. The van der Waals surface area contributed by atoms with E-state index in [1.165, 1.54) is 9.35 Å². The second-order valence-electron chi connectivity index (χ2n) is 3.58. The number of nitriles is 1. The molecule has 0 amide bonds. The smallest absolute Gasteiger partial charge is 0.0621 e. The van der Waals surface area contributed by atoms with Gasteiger partial charge < -0.3 is 4.90 Å². The van der Waals surface area contributed by atoms with Crippen molar-refractivity contribution in [2.24, 2.45) is 0 Å². The van der Waals surface area contributed by atoms with Crippen molar-refractivity contribution < 1.29 is 0 Å². The Morgan fingerprint density at radius 1 is 1.53 bits per heavy atom. The van der Waals surface area contributed by atoms with Crippen LogP contribution in [0.5, 0.6) is 0 Å². The zero-order valence-electron chi connectivity index (χ0n) is 8.87. The maximum absolute atomic E-state index is 8.40. The van der Waals surface area contributed by atoms with Crippen LogP contribution in [0.2, 0.25) is 0 Å². The third-order valence-electron chi connectivity index (χ3n) is 2.13. The molecule has 0 N–H and O–H groups in total. The van der Waals surface area contributed by atoms with E-state index in [9.17, 15) is 0 Å². The highest BCUT2D eigenvalue weighted by atomic mass is 79.9. The van der Waals surface area contributed by atoms with Gasteiger partial charge in [0.2, 0.25) is 0 Å². The lowest BCUT2D eigenvalue weighted by Crippen LogP contribution is -2.18. The molecule has 1 aromatic heterocycles. The van der Waals surface area contributed by atoms with Crippen LogP contribution in [-0.4, -0.2) is 18.5 Å². The Hall–Kier alpha value is -0.370. The van der Waals surface area contributed by atoms with Gasteiger partial charge >= 0.3 is 0 Å². The Morgan fingerprint density at radius 3 is 2.93 bits per heavy atom. The molecule has 0 aliphatic heterocycles. The van der Waals surface area contributed by atoms with Gasteiger partial charge in [-0.05, 0) is 48.4 Å². The third-order valence-corrected chi connectivity index (χ3v) is 3.81. The molecule has 0 spiro atoms. The fourth-order valence-electron chi connectivity index (χ4n) is 1.37. The fraction of sp³-hybridized carbons (Fsp3) is 0.545. The first-order chi connectivity index (χ1) is 7.22. The minimum absolute atomic E-state index is 0.679. The lowest BCUT2D eigenvalue weighted by molar-refractivity contribution is 0.322. The molecule has 1 heterocycles. The Morgan fingerprint density at radius 2 is 2.33 bits per heavy atom. The van der Waals surface area contributed by atoms with Gasteiger partial charge in [0, 0.05) is 27.7 Å². The Balaban J connectivity index is 2.19. The fourth-order valence-corrected chi connectivity index (χ4v) is 2.90. The number of hydrogen-bond acceptors (Lipinski definition) is 3. The van der Waals surface area contributed by atoms with Crippen molar-refractivity contribution in [2.75, 3.05) is 13.6 Å². The number of hydrogen-bond donors (Lipinski definition) is 0. The molecular weight excluding hydrogens is 272 g/mol. The molecule has 0 aliphatic rings. The van der Waals surface area contributed by atoms with Crippen molar-refractivity contribution in [3.8, 4) is 6.07 Å². The van der Waals surface area contributed by atoms with Crippen molar-refractivity contribution in [1.29, 1.82) is 5.26 Å². The van der Waals surface area contributed by atoms with Crippen LogP contribution in [0, 0.1) is 11.3 Å². The molecule has 1 rings (SSSR count). The summed E-state index contributed by atoms with van der Waals surface area (Å²) in [5, 5.41) is 10.5. The van der Waals surface area contributed by atoms with Crippen molar-refractivity contribution in [3.05, 3.63) is 20.8 Å². The van der Waals surface area contributed by atoms with Crippen LogP contribution in [0.25, 0.3) is 0 Å². The van der Waals surface area contributed by atoms with Gasteiger partial charge in [-0.25, -0.2) is 0 Å². The minimum atomic E-state index is 0.679. The van der Waals surface area contributed by atoms with E-state index in [0.29, 0.717) is 6.42 Å². The van der Waals surface area contributed by atoms with E-state index in [1.54, 1.807) is 11.3 Å². The maximum Gasteiger partial charge on any atom is 0.0621 e. The molecule has 0 radical (unpaired) electrons. The normalized spacial score (nSPS) is 10.5. The van der Waals surface area contributed by atoms with Crippen molar-refractivity contribution in [1.82, 2.24) is 4.90 Å². The predicted octanol–water partition coefficient (Wildman–Crippen LogP) is 3.64. The Bertz CT molecular complexity index is 330. The van der Waals surface area contributed by atoms with E-state index >= 15 is 0 Å². The van der Waals surface area contributed by atoms with Gasteiger partial charge in [-0.15, -0.1) is 11.3 Å². The third kappa shape index (κ3) is 5.31. The van der Waals surface area contributed by atoms with Crippen LogP contribution >= 0.6 is 27.3 Å². The second kappa shape index (κ2) is 7.00. The van der Waals surface area contributed by atoms with E-state index in [2.05, 4.69) is 45.4 Å². The molecule has 2 nitrogen and oxygen atoms in total. The van der Waals surface area contributed by atoms with Crippen LogP contribution in [0.1, 0.15) is 24.1 Å². The van der Waals surface area contributed by atoms with Crippen molar-refractivity contribution >= 4 is 27.3 Å². The summed E-state index contributed by atoms with van der Waals surface area (Å²) < 4.78 is 1.17. The zero-order valence-corrected chi connectivity index (χ0v) is 11.3. The molecule has 0 fully saturated rings. The van der Waals surface area contributed by atoms with E-state index in [4.69, 9.17) is 5.26 Å². The quantitative estimate of drug-likeness (QED) is 0.747. The molecule has 0 atom stereocenters. The van der Waals surface area contributed by atoms with Crippen LogP contribution < -0.4 is 0 Å². The van der Waals surface area contributed by atoms with Crippen molar-refractivity contribution in [3.63, 3.8) is 0 Å². The number of nitrogens with zero attached hydrogens (tertiary/aromatic N) is 2. The molecule has 0 unspecified atom stereocenters. The van der Waals surface area contributed by atoms with Crippen LogP contribution in [-0.2, 0) is 6.54 Å². The molecule has 0 aliphatic carbocycles. The predicted molar refractivity (Wildman–Crippen MR) is 67.8 cm³/mol. The number of rotatable bonds is 6. The maximum atomic E-state index is 8.40. The summed E-state index contributed by atoms with van der Waals surface area (Å²) >= 11 is 5.23. The second-order valence-corrected chi connectivity index (χ2v) is 5.50. The molecule has 0 saturated carbocycles. The highest BCUT2D eigenvalue weighted by molar-refractivity contribution is 9.10. The van der Waals surface area contributed by atoms with Crippen LogP contribution in [0.15, 0.2) is 15.9 Å². The van der Waals surface area contributed by atoms with Gasteiger partial charge in [0.1, 0.15) is 0 Å². The van der Waals surface area contributed by atoms with Gasteiger partial charge in [0.05, 0.1) is 6.07 Å². The van der Waals surface area contributed by atoms with Gasteiger partial charge in [-0.2, -0.15) is 5.26 Å². The largest absolute Gasteiger partial charge is 0.301 e. The lowest BCUT2D eigenvalue weighted by Gasteiger charge is -2.14. The summed E-state index contributed by atoms with van der Waals surface area (Å²) in [7, 11) is 2.12. The zero-order chi connectivity index (χ0) is 11.1. The van der Waals surface area contributed by atoms with E-state index in [1.807, 2.05) is 0 Å². The molecule has 82 valence electrons. The van der Waals surface area contributed by atoms with E-state index < -0.39 is 0 Å². The Kier molecular flexibility index (Phi) is 5.92. The summed E-state index contributed by atoms with van der Waals surface area (Å²) in [6.07, 6.45) is 2.80.